The van der Waals surface area contributed by atoms with Crippen LogP contribution in [0.1, 0.15) is 21.7 Å². The monoisotopic (exact) mass is 264 g/mol. The molecular formula is C12H9BrO2. The van der Waals surface area contributed by atoms with Gasteiger partial charge in [0.15, 0.2) is 10.4 Å². The SMILES string of the molecule is Cc1ccc(C(=O)c2ccc(Br)o2)cc1. The maximum Gasteiger partial charge on any atom is 0.228 e. The first-order chi connectivity index (χ1) is 7.16. The van der Waals surface area contributed by atoms with Gasteiger partial charge >= 0.3 is 0 Å². The van der Waals surface area contributed by atoms with Crippen LogP contribution < -0.4 is 0 Å². The van der Waals surface area contributed by atoms with Crippen molar-refractivity contribution >= 4 is 21.7 Å². The Balaban J connectivity index is 2.32. The first kappa shape index (κ1) is 10.2. The molecule has 0 aliphatic rings. The van der Waals surface area contributed by atoms with Gasteiger partial charge in [-0.05, 0) is 35.0 Å². The van der Waals surface area contributed by atoms with Crippen molar-refractivity contribution in [1.82, 2.24) is 0 Å². The first-order valence-electron chi connectivity index (χ1n) is 4.53. The summed E-state index contributed by atoms with van der Waals surface area (Å²) in [5.74, 6) is 0.256. The van der Waals surface area contributed by atoms with E-state index in [1.807, 2.05) is 19.1 Å². The topological polar surface area (TPSA) is 30.2 Å². The highest BCUT2D eigenvalue weighted by molar-refractivity contribution is 9.10. The van der Waals surface area contributed by atoms with Crippen LogP contribution in [0.3, 0.4) is 0 Å². The van der Waals surface area contributed by atoms with E-state index in [-0.39, 0.29) is 5.78 Å². The second-order valence-corrected chi connectivity index (χ2v) is 4.08. The molecule has 2 rings (SSSR count). The Kier molecular flexibility index (Phi) is 2.73. The van der Waals surface area contributed by atoms with Gasteiger partial charge in [0.2, 0.25) is 5.78 Å². The van der Waals surface area contributed by atoms with Crippen LogP contribution in [-0.4, -0.2) is 5.78 Å². The van der Waals surface area contributed by atoms with Gasteiger partial charge in [0, 0.05) is 5.56 Å². The molecule has 2 aromatic rings. The highest BCUT2D eigenvalue weighted by Gasteiger charge is 2.12. The van der Waals surface area contributed by atoms with Crippen LogP contribution in [-0.2, 0) is 0 Å². The van der Waals surface area contributed by atoms with Crippen LogP contribution in [0.2, 0.25) is 0 Å². The van der Waals surface area contributed by atoms with Crippen molar-refractivity contribution in [3.05, 3.63) is 58.0 Å². The Bertz CT molecular complexity index is 483. The molecule has 0 aliphatic carbocycles. The summed E-state index contributed by atoms with van der Waals surface area (Å²) in [5, 5.41) is 0. The van der Waals surface area contributed by atoms with Crippen LogP contribution >= 0.6 is 15.9 Å². The van der Waals surface area contributed by atoms with Crippen molar-refractivity contribution in [1.29, 1.82) is 0 Å². The third-order valence-electron chi connectivity index (χ3n) is 2.11. The minimum Gasteiger partial charge on any atom is -0.446 e. The summed E-state index contributed by atoms with van der Waals surface area (Å²) < 4.78 is 5.76. The van der Waals surface area contributed by atoms with E-state index < -0.39 is 0 Å². The molecule has 1 heterocycles. The Labute approximate surface area is 96.0 Å². The Morgan fingerprint density at radius 1 is 1.13 bits per heavy atom. The molecule has 1 aromatic heterocycles. The molecule has 0 radical (unpaired) electrons. The van der Waals surface area contributed by atoms with Crippen LogP contribution in [0.25, 0.3) is 0 Å². The standard InChI is InChI=1S/C12H9BrO2/c1-8-2-4-9(5-3-8)12(14)10-6-7-11(13)15-10/h2-7H,1H3. The molecule has 0 saturated carbocycles. The number of furan rings is 1. The zero-order valence-corrected chi connectivity index (χ0v) is 9.74. The summed E-state index contributed by atoms with van der Waals surface area (Å²) in [4.78, 5) is 11.9. The van der Waals surface area contributed by atoms with Gasteiger partial charge in [0.25, 0.3) is 0 Å². The van der Waals surface area contributed by atoms with E-state index in [1.165, 1.54) is 0 Å². The third kappa shape index (κ3) is 2.18. The molecule has 15 heavy (non-hydrogen) atoms. The van der Waals surface area contributed by atoms with Crippen molar-refractivity contribution in [3.8, 4) is 0 Å². The summed E-state index contributed by atoms with van der Waals surface area (Å²) in [7, 11) is 0. The van der Waals surface area contributed by atoms with E-state index in [2.05, 4.69) is 15.9 Å². The molecule has 0 fully saturated rings. The fraction of sp³-hybridized carbons (Fsp3) is 0.0833. The highest BCUT2D eigenvalue weighted by Crippen LogP contribution is 2.17. The summed E-state index contributed by atoms with van der Waals surface area (Å²) in [6.07, 6.45) is 0. The molecule has 0 saturated heterocycles. The molecular weight excluding hydrogens is 256 g/mol. The lowest BCUT2D eigenvalue weighted by Crippen LogP contribution is -1.98. The predicted molar refractivity (Wildman–Crippen MR) is 61.0 cm³/mol. The predicted octanol–water partition coefficient (Wildman–Crippen LogP) is 3.58. The van der Waals surface area contributed by atoms with E-state index in [0.717, 1.165) is 5.56 Å². The lowest BCUT2D eigenvalue weighted by Gasteiger charge is -1.97. The molecule has 0 atom stereocenters. The smallest absolute Gasteiger partial charge is 0.228 e. The van der Waals surface area contributed by atoms with E-state index in [0.29, 0.717) is 16.0 Å². The number of carbonyl (C=O) groups excluding carboxylic acids is 1. The lowest BCUT2D eigenvalue weighted by atomic mass is 10.1. The maximum atomic E-state index is 11.9. The number of carbonyl (C=O) groups is 1. The summed E-state index contributed by atoms with van der Waals surface area (Å²) in [5.41, 5.74) is 1.77. The minimum atomic E-state index is -0.0966. The molecule has 0 bridgehead atoms. The molecule has 1 aromatic carbocycles. The van der Waals surface area contributed by atoms with E-state index in [9.17, 15) is 4.79 Å². The fourth-order valence-electron chi connectivity index (χ4n) is 1.28. The Morgan fingerprint density at radius 2 is 1.80 bits per heavy atom. The van der Waals surface area contributed by atoms with Gasteiger partial charge in [-0.3, -0.25) is 4.79 Å². The van der Waals surface area contributed by atoms with Gasteiger partial charge in [-0.25, -0.2) is 0 Å². The highest BCUT2D eigenvalue weighted by atomic mass is 79.9. The van der Waals surface area contributed by atoms with Gasteiger partial charge in [-0.1, -0.05) is 29.8 Å². The average molecular weight is 265 g/mol. The maximum absolute atomic E-state index is 11.9. The largest absolute Gasteiger partial charge is 0.446 e. The van der Waals surface area contributed by atoms with Crippen molar-refractivity contribution in [2.45, 2.75) is 6.92 Å². The molecule has 3 heteroatoms. The third-order valence-corrected chi connectivity index (χ3v) is 2.54. The van der Waals surface area contributed by atoms with Gasteiger partial charge in [-0.2, -0.15) is 0 Å². The molecule has 0 unspecified atom stereocenters. The number of hydrogen-bond acceptors (Lipinski definition) is 2. The Hall–Kier alpha value is -1.35. The van der Waals surface area contributed by atoms with Crippen molar-refractivity contribution < 1.29 is 9.21 Å². The first-order valence-corrected chi connectivity index (χ1v) is 5.33. The second-order valence-electron chi connectivity index (χ2n) is 3.30. The van der Waals surface area contributed by atoms with Gasteiger partial charge in [-0.15, -0.1) is 0 Å². The quantitative estimate of drug-likeness (QED) is 0.777. The molecule has 76 valence electrons. The average Bonchev–Trinajstić information content (AvgIpc) is 2.65. The number of ketones is 1. The number of aryl methyl sites for hydroxylation is 1. The molecule has 0 spiro atoms. The number of benzene rings is 1. The van der Waals surface area contributed by atoms with Crippen LogP contribution in [0.5, 0.6) is 0 Å². The fourth-order valence-corrected chi connectivity index (χ4v) is 1.59. The normalized spacial score (nSPS) is 10.3. The van der Waals surface area contributed by atoms with Crippen molar-refractivity contribution in [2.24, 2.45) is 0 Å². The minimum absolute atomic E-state index is 0.0966. The van der Waals surface area contributed by atoms with Gasteiger partial charge < -0.3 is 4.42 Å². The van der Waals surface area contributed by atoms with E-state index in [4.69, 9.17) is 4.42 Å². The second kappa shape index (κ2) is 4.03. The van der Waals surface area contributed by atoms with Crippen molar-refractivity contribution in [3.63, 3.8) is 0 Å². The lowest BCUT2D eigenvalue weighted by molar-refractivity contribution is 0.101. The zero-order valence-electron chi connectivity index (χ0n) is 8.16. The van der Waals surface area contributed by atoms with Gasteiger partial charge in [0.05, 0.1) is 0 Å². The Morgan fingerprint density at radius 3 is 2.33 bits per heavy atom. The molecule has 0 amide bonds. The van der Waals surface area contributed by atoms with Gasteiger partial charge in [0.1, 0.15) is 0 Å². The van der Waals surface area contributed by atoms with Crippen molar-refractivity contribution in [2.75, 3.05) is 0 Å². The molecule has 0 N–H and O–H groups in total. The number of halogens is 1. The van der Waals surface area contributed by atoms with E-state index in [1.54, 1.807) is 24.3 Å². The summed E-state index contributed by atoms with van der Waals surface area (Å²) >= 11 is 3.17. The number of hydrogen-bond donors (Lipinski definition) is 0. The zero-order chi connectivity index (χ0) is 10.8. The molecule has 2 nitrogen and oxygen atoms in total. The van der Waals surface area contributed by atoms with Crippen LogP contribution in [0.4, 0.5) is 0 Å². The summed E-state index contributed by atoms with van der Waals surface area (Å²) in [6, 6.07) is 10.8. The van der Waals surface area contributed by atoms with Crippen LogP contribution in [0.15, 0.2) is 45.5 Å². The van der Waals surface area contributed by atoms with E-state index >= 15 is 0 Å². The van der Waals surface area contributed by atoms with Crippen LogP contribution in [0, 0.1) is 6.92 Å². The molecule has 0 aliphatic heterocycles. The number of rotatable bonds is 2. The summed E-state index contributed by atoms with van der Waals surface area (Å²) in [6.45, 7) is 1.98.